The van der Waals surface area contributed by atoms with Crippen molar-refractivity contribution in [1.29, 1.82) is 0 Å². The molecule has 0 bridgehead atoms. The lowest BCUT2D eigenvalue weighted by Crippen LogP contribution is -1.91. The molecule has 0 saturated carbocycles. The monoisotopic (exact) mass is 113 g/mol. The van der Waals surface area contributed by atoms with Crippen LogP contribution >= 0.6 is 0 Å². The van der Waals surface area contributed by atoms with Gasteiger partial charge in [-0.25, -0.2) is 0 Å². The van der Waals surface area contributed by atoms with Gasteiger partial charge in [-0.1, -0.05) is 26.7 Å². The topological polar surface area (TPSA) is 26.0 Å². The molecule has 2 N–H and O–H groups in total. The lowest BCUT2D eigenvalue weighted by molar-refractivity contribution is 0.737. The fourth-order valence-electron chi connectivity index (χ4n) is 0. The second-order valence-electron chi connectivity index (χ2n) is 2.14. The van der Waals surface area contributed by atoms with Gasteiger partial charge in [-0.15, -0.1) is 6.42 Å². The van der Waals surface area contributed by atoms with Crippen LogP contribution in [-0.4, -0.2) is 6.54 Å². The summed E-state index contributed by atoms with van der Waals surface area (Å²) in [5.41, 5.74) is 4.79. The van der Waals surface area contributed by atoms with E-state index in [-0.39, 0.29) is 0 Å². The average molecular weight is 113 g/mol. The van der Waals surface area contributed by atoms with Crippen molar-refractivity contribution in [2.75, 3.05) is 6.54 Å². The molecule has 0 amide bonds. The van der Waals surface area contributed by atoms with Gasteiger partial charge in [-0.2, -0.15) is 0 Å². The Morgan fingerprint density at radius 2 is 1.62 bits per heavy atom. The summed E-state index contributed by atoms with van der Waals surface area (Å²) in [5, 5.41) is 0. The molecule has 48 valence electrons. The fraction of sp³-hybridized carbons (Fsp3) is 0.714. The first-order valence-electron chi connectivity index (χ1n) is 2.78. The van der Waals surface area contributed by atoms with Gasteiger partial charge < -0.3 is 5.73 Å². The molecular formula is C7H15N. The highest BCUT2D eigenvalue weighted by Crippen LogP contribution is 1.81. The van der Waals surface area contributed by atoms with Crippen LogP contribution < -0.4 is 5.73 Å². The van der Waals surface area contributed by atoms with E-state index in [1.54, 1.807) is 0 Å². The van der Waals surface area contributed by atoms with Crippen molar-refractivity contribution in [3.8, 4) is 12.3 Å². The van der Waals surface area contributed by atoms with Crippen LogP contribution in [0.25, 0.3) is 0 Å². The van der Waals surface area contributed by atoms with Crippen molar-refractivity contribution >= 4 is 0 Å². The highest BCUT2D eigenvalue weighted by molar-refractivity contribution is 4.83. The first-order valence-corrected chi connectivity index (χ1v) is 2.78. The second-order valence-corrected chi connectivity index (χ2v) is 2.14. The Morgan fingerprint density at radius 3 is 1.62 bits per heavy atom. The van der Waals surface area contributed by atoms with Crippen molar-refractivity contribution in [3.05, 3.63) is 0 Å². The van der Waals surface area contributed by atoms with Gasteiger partial charge in [0.25, 0.3) is 0 Å². The molecule has 1 heteroatoms. The van der Waals surface area contributed by atoms with Gasteiger partial charge in [-0.05, 0) is 5.92 Å². The molecule has 0 aliphatic heterocycles. The molecule has 0 fully saturated rings. The Hall–Kier alpha value is -0.480. The van der Waals surface area contributed by atoms with Gasteiger partial charge in [0.15, 0.2) is 0 Å². The Kier molecular flexibility index (Phi) is 12.8. The zero-order chi connectivity index (χ0) is 6.99. The maximum atomic E-state index is 4.79. The van der Waals surface area contributed by atoms with Gasteiger partial charge in [0, 0.05) is 0 Å². The van der Waals surface area contributed by atoms with Crippen LogP contribution in [0.2, 0.25) is 0 Å². The normalized spacial score (nSPS) is 7.00. The lowest BCUT2D eigenvalue weighted by atomic mass is 10.3. The fourth-order valence-corrected chi connectivity index (χ4v) is 0. The molecule has 0 radical (unpaired) electrons. The predicted molar refractivity (Wildman–Crippen MR) is 38.4 cm³/mol. The van der Waals surface area contributed by atoms with Crippen LogP contribution in [0, 0.1) is 18.3 Å². The quantitative estimate of drug-likeness (QED) is 0.470. The number of hydrogen-bond acceptors (Lipinski definition) is 1. The third-order valence-electron chi connectivity index (χ3n) is 0.118. The van der Waals surface area contributed by atoms with Crippen molar-refractivity contribution in [3.63, 3.8) is 0 Å². The molecule has 0 atom stereocenters. The van der Waals surface area contributed by atoms with Crippen LogP contribution in [-0.2, 0) is 0 Å². The summed E-state index contributed by atoms with van der Waals surface area (Å²) in [6.45, 7) is 6.85. The Balaban J connectivity index is 0. The molecule has 0 rings (SSSR count). The standard InChI is InChI=1S/C4H10.C3H5N/c1-4(2)3;1-2-3-4/h4H,1-3H3;1H,3-4H2. The molecular weight excluding hydrogens is 98.1 g/mol. The van der Waals surface area contributed by atoms with Gasteiger partial charge in [0.2, 0.25) is 0 Å². The maximum Gasteiger partial charge on any atom is 0.0548 e. The first kappa shape index (κ1) is 10.5. The van der Waals surface area contributed by atoms with Crippen LogP contribution in [0.4, 0.5) is 0 Å². The summed E-state index contributed by atoms with van der Waals surface area (Å²) in [6, 6.07) is 0. The number of hydrogen-bond donors (Lipinski definition) is 1. The van der Waals surface area contributed by atoms with Crippen LogP contribution in [0.15, 0.2) is 0 Å². The number of rotatable bonds is 0. The minimum Gasteiger partial charge on any atom is -0.320 e. The third kappa shape index (κ3) is 417. The highest BCUT2D eigenvalue weighted by atomic mass is 14.5. The Morgan fingerprint density at radius 1 is 1.50 bits per heavy atom. The highest BCUT2D eigenvalue weighted by Gasteiger charge is 1.68. The zero-order valence-corrected chi connectivity index (χ0v) is 5.94. The largest absolute Gasteiger partial charge is 0.320 e. The summed E-state index contributed by atoms with van der Waals surface area (Å²) in [5.74, 6) is 3.04. The van der Waals surface area contributed by atoms with Crippen LogP contribution in [0.1, 0.15) is 20.8 Å². The van der Waals surface area contributed by atoms with E-state index in [2.05, 4.69) is 33.1 Å². The molecule has 0 aromatic carbocycles. The summed E-state index contributed by atoms with van der Waals surface area (Å²) >= 11 is 0. The molecule has 0 saturated heterocycles. The molecule has 0 heterocycles. The Labute approximate surface area is 52.3 Å². The van der Waals surface area contributed by atoms with E-state index in [1.165, 1.54) is 0 Å². The second kappa shape index (κ2) is 9.72. The van der Waals surface area contributed by atoms with E-state index in [1.807, 2.05) is 0 Å². The number of terminal acetylenes is 1. The van der Waals surface area contributed by atoms with Gasteiger partial charge in [0.1, 0.15) is 0 Å². The van der Waals surface area contributed by atoms with Crippen molar-refractivity contribution in [1.82, 2.24) is 0 Å². The van der Waals surface area contributed by atoms with Crippen LogP contribution in [0.3, 0.4) is 0 Å². The summed E-state index contributed by atoms with van der Waals surface area (Å²) < 4.78 is 0. The van der Waals surface area contributed by atoms with Crippen molar-refractivity contribution < 1.29 is 0 Å². The third-order valence-corrected chi connectivity index (χ3v) is 0.118. The molecule has 8 heavy (non-hydrogen) atoms. The molecule has 0 aromatic rings. The smallest absolute Gasteiger partial charge is 0.0548 e. The summed E-state index contributed by atoms with van der Waals surface area (Å²) in [4.78, 5) is 0. The van der Waals surface area contributed by atoms with E-state index in [0.29, 0.717) is 6.54 Å². The molecule has 0 aromatic heterocycles. The Bertz CT molecular complexity index is 56.5. The van der Waals surface area contributed by atoms with E-state index in [9.17, 15) is 0 Å². The van der Waals surface area contributed by atoms with E-state index < -0.39 is 0 Å². The molecule has 1 nitrogen and oxygen atoms in total. The van der Waals surface area contributed by atoms with Gasteiger partial charge >= 0.3 is 0 Å². The molecule has 0 unspecified atom stereocenters. The molecule has 0 aliphatic carbocycles. The molecule has 0 spiro atoms. The maximum absolute atomic E-state index is 4.79. The predicted octanol–water partition coefficient (Wildman–Crippen LogP) is 1.24. The lowest BCUT2D eigenvalue weighted by Gasteiger charge is -1.79. The van der Waals surface area contributed by atoms with E-state index in [4.69, 9.17) is 5.73 Å². The minimum atomic E-state index is 0.347. The van der Waals surface area contributed by atoms with Crippen LogP contribution in [0.5, 0.6) is 0 Å². The first-order chi connectivity index (χ1) is 3.65. The SMILES string of the molecule is C#CCN.CC(C)C. The zero-order valence-electron chi connectivity index (χ0n) is 5.94. The van der Waals surface area contributed by atoms with E-state index >= 15 is 0 Å². The average Bonchev–Trinajstić information content (AvgIpc) is 1.65. The number of nitrogens with two attached hydrogens (primary N) is 1. The minimum absolute atomic E-state index is 0.347. The summed E-state index contributed by atoms with van der Waals surface area (Å²) in [6.07, 6.45) is 4.65. The summed E-state index contributed by atoms with van der Waals surface area (Å²) in [7, 11) is 0. The van der Waals surface area contributed by atoms with Gasteiger partial charge in [0.05, 0.1) is 6.54 Å². The van der Waals surface area contributed by atoms with Crippen molar-refractivity contribution in [2.24, 2.45) is 11.7 Å². The van der Waals surface area contributed by atoms with Crippen molar-refractivity contribution in [2.45, 2.75) is 20.8 Å². The van der Waals surface area contributed by atoms with E-state index in [0.717, 1.165) is 5.92 Å². The molecule has 0 aliphatic rings. The van der Waals surface area contributed by atoms with Gasteiger partial charge in [-0.3, -0.25) is 0 Å².